The molecule has 0 spiro atoms. The smallest absolute Gasteiger partial charge is 0.190 e. The van der Waals surface area contributed by atoms with Crippen LogP contribution in [0.5, 0.6) is 5.75 Å². The molecule has 1 aliphatic heterocycles. The first-order chi connectivity index (χ1) is 16.6. The van der Waals surface area contributed by atoms with Crippen molar-refractivity contribution in [2.75, 3.05) is 12.5 Å². The molecule has 1 aliphatic carbocycles. The number of ether oxygens (including phenoxy) is 1. The number of hydrogen-bond donors (Lipinski definition) is 0. The molecule has 1 saturated carbocycles. The van der Waals surface area contributed by atoms with Gasteiger partial charge in [0.15, 0.2) is 17.4 Å². The molecule has 0 radical (unpaired) electrons. The molecule has 2 fully saturated rings. The second kappa shape index (κ2) is 15.5. The van der Waals surface area contributed by atoms with Crippen LogP contribution in [0.15, 0.2) is 12.1 Å². The highest BCUT2D eigenvalue weighted by Gasteiger charge is 2.30. The maximum Gasteiger partial charge on any atom is 0.190 e. The molecule has 5 heteroatoms. The van der Waals surface area contributed by atoms with Crippen LogP contribution in [0.2, 0.25) is 18.1 Å². The van der Waals surface area contributed by atoms with Gasteiger partial charge in [0.25, 0.3) is 0 Å². The third-order valence-electron chi connectivity index (χ3n) is 8.58. The fourth-order valence-corrected chi connectivity index (χ4v) is 10.1. The molecule has 1 saturated heterocycles. The predicted molar refractivity (Wildman–Crippen MR) is 144 cm³/mol. The van der Waals surface area contributed by atoms with Gasteiger partial charge in [-0.1, -0.05) is 82.8 Å². The normalized spacial score (nSPS) is 25.4. The van der Waals surface area contributed by atoms with E-state index in [1.54, 1.807) is 31.0 Å². The number of hydrogen-bond acceptors (Lipinski definition) is 1. The molecule has 0 amide bonds. The Morgan fingerprint density at radius 3 is 2.21 bits per heavy atom. The number of benzene rings is 1. The molecule has 0 aromatic heterocycles. The number of halogens is 3. The zero-order valence-electron chi connectivity index (χ0n) is 21.4. The van der Waals surface area contributed by atoms with Crippen LogP contribution in [0, 0.1) is 29.4 Å². The quantitative estimate of drug-likeness (QED) is 0.137. The largest absolute Gasteiger partial charge is 0.488 e. The van der Waals surface area contributed by atoms with E-state index in [4.69, 9.17) is 16.3 Å². The zero-order chi connectivity index (χ0) is 24.2. The van der Waals surface area contributed by atoms with Gasteiger partial charge in [0.1, 0.15) is 0 Å². The molecule has 3 rings (SSSR count). The zero-order valence-corrected chi connectivity index (χ0v) is 23.4. The topological polar surface area (TPSA) is 9.23 Å². The Kier molecular flexibility index (Phi) is 12.7. The standard InChI is InChI=1S/C29H47ClF2OSi/c1-2-3-6-18-34-19-14-26(15-20-34)25-12-10-23(11-13-25)8-4-5-9-24-21-27(31)29(28(32)22-24)33-17-7-16-30/h21-23,25-26,34H,2-20H2,1H3/t23-,25-,26-,34-. The predicted octanol–water partition coefficient (Wildman–Crippen LogP) is 9.32. The maximum absolute atomic E-state index is 14.2. The van der Waals surface area contributed by atoms with Gasteiger partial charge in [-0.2, -0.15) is 0 Å². The Hall–Kier alpha value is -0.613. The summed E-state index contributed by atoms with van der Waals surface area (Å²) in [4.78, 5) is 0. The summed E-state index contributed by atoms with van der Waals surface area (Å²) in [5.41, 5.74) is 0.734. The van der Waals surface area contributed by atoms with Crippen LogP contribution in [-0.2, 0) is 6.42 Å². The summed E-state index contributed by atoms with van der Waals surface area (Å²) in [5.74, 6) is 1.85. The van der Waals surface area contributed by atoms with Gasteiger partial charge in [0.2, 0.25) is 0 Å². The minimum atomic E-state index is -0.597. The number of rotatable bonds is 14. The summed E-state index contributed by atoms with van der Waals surface area (Å²) in [6.45, 7) is 2.55. The second-order valence-electron chi connectivity index (χ2n) is 11.1. The second-order valence-corrected chi connectivity index (χ2v) is 14.9. The van der Waals surface area contributed by atoms with Crippen molar-refractivity contribution in [1.29, 1.82) is 0 Å². The summed E-state index contributed by atoms with van der Waals surface area (Å²) < 4.78 is 33.7. The van der Waals surface area contributed by atoms with E-state index in [-0.39, 0.29) is 21.2 Å². The first kappa shape index (κ1) is 28.0. The summed E-state index contributed by atoms with van der Waals surface area (Å²) >= 11 is 5.60. The van der Waals surface area contributed by atoms with E-state index in [1.165, 1.54) is 63.5 Å². The molecule has 2 aliphatic rings. The molecule has 34 heavy (non-hydrogen) atoms. The van der Waals surface area contributed by atoms with Gasteiger partial charge in [-0.15, -0.1) is 11.6 Å². The highest BCUT2D eigenvalue weighted by Crippen LogP contribution is 2.42. The Labute approximate surface area is 214 Å². The molecule has 0 N–H and O–H groups in total. The molecule has 0 bridgehead atoms. The van der Waals surface area contributed by atoms with Gasteiger partial charge in [-0.25, -0.2) is 8.78 Å². The van der Waals surface area contributed by atoms with Gasteiger partial charge in [-0.05, 0) is 67.6 Å². The van der Waals surface area contributed by atoms with Gasteiger partial charge in [0.05, 0.1) is 6.61 Å². The highest BCUT2D eigenvalue weighted by molar-refractivity contribution is 6.58. The van der Waals surface area contributed by atoms with Crippen molar-refractivity contribution in [3.63, 3.8) is 0 Å². The molecular formula is C29H47ClF2OSi. The van der Waals surface area contributed by atoms with Crippen LogP contribution in [0.4, 0.5) is 8.78 Å². The Morgan fingerprint density at radius 1 is 0.882 bits per heavy atom. The fourth-order valence-electron chi connectivity index (χ4n) is 6.47. The van der Waals surface area contributed by atoms with Crippen molar-refractivity contribution in [2.24, 2.45) is 17.8 Å². The molecule has 0 atom stereocenters. The van der Waals surface area contributed by atoms with Crippen molar-refractivity contribution in [3.05, 3.63) is 29.3 Å². The lowest BCUT2D eigenvalue weighted by atomic mass is 9.73. The number of aryl methyl sites for hydroxylation is 1. The maximum atomic E-state index is 14.2. The van der Waals surface area contributed by atoms with Gasteiger partial charge in [0, 0.05) is 14.7 Å². The first-order valence-corrected chi connectivity index (χ1v) is 17.3. The molecule has 1 aromatic rings. The van der Waals surface area contributed by atoms with Crippen molar-refractivity contribution in [3.8, 4) is 5.75 Å². The summed E-state index contributed by atoms with van der Waals surface area (Å²) in [6, 6.07) is 7.72. The molecule has 1 heterocycles. The van der Waals surface area contributed by atoms with Crippen LogP contribution in [0.3, 0.4) is 0 Å². The van der Waals surface area contributed by atoms with E-state index in [9.17, 15) is 8.78 Å². The van der Waals surface area contributed by atoms with Crippen LogP contribution in [0.1, 0.15) is 96.0 Å². The highest BCUT2D eigenvalue weighted by atomic mass is 35.5. The SMILES string of the molecule is CCCCC[Si@H]1CC[C@H]([C@H]2CC[C@H](CCCCc3cc(F)c(OCCCCl)c(F)c3)CC2)CC1. The van der Waals surface area contributed by atoms with E-state index in [2.05, 4.69) is 6.92 Å². The van der Waals surface area contributed by atoms with Crippen LogP contribution >= 0.6 is 11.6 Å². The van der Waals surface area contributed by atoms with Crippen molar-refractivity contribution >= 4 is 20.4 Å². The van der Waals surface area contributed by atoms with Crippen molar-refractivity contribution in [1.82, 2.24) is 0 Å². The average Bonchev–Trinajstić information content (AvgIpc) is 2.85. The molecular weight excluding hydrogens is 466 g/mol. The van der Waals surface area contributed by atoms with E-state index < -0.39 is 11.6 Å². The van der Waals surface area contributed by atoms with Crippen LogP contribution in [-0.4, -0.2) is 21.3 Å². The molecule has 1 aromatic carbocycles. The average molecular weight is 513 g/mol. The van der Waals surface area contributed by atoms with Gasteiger partial charge in [-0.3, -0.25) is 0 Å². The molecule has 1 nitrogen and oxygen atoms in total. The molecule has 0 unspecified atom stereocenters. The lowest BCUT2D eigenvalue weighted by Crippen LogP contribution is -2.28. The van der Waals surface area contributed by atoms with Crippen molar-refractivity contribution < 1.29 is 13.5 Å². The Bertz CT molecular complexity index is 676. The van der Waals surface area contributed by atoms with E-state index in [0.717, 1.165) is 42.6 Å². The minimum absolute atomic E-state index is 0.237. The summed E-state index contributed by atoms with van der Waals surface area (Å²) in [5, 5.41) is 0. The van der Waals surface area contributed by atoms with Crippen LogP contribution in [0.25, 0.3) is 0 Å². The summed E-state index contributed by atoms with van der Waals surface area (Å²) in [6.07, 6.45) is 17.8. The molecule has 194 valence electrons. The summed E-state index contributed by atoms with van der Waals surface area (Å²) in [7, 11) is -0.383. The van der Waals surface area contributed by atoms with Crippen LogP contribution < -0.4 is 4.74 Å². The third-order valence-corrected chi connectivity index (χ3v) is 12.4. The first-order valence-electron chi connectivity index (χ1n) is 14.3. The van der Waals surface area contributed by atoms with E-state index in [1.807, 2.05) is 0 Å². The van der Waals surface area contributed by atoms with E-state index >= 15 is 0 Å². The minimum Gasteiger partial charge on any atom is -0.488 e. The fraction of sp³-hybridized carbons (Fsp3) is 0.793. The monoisotopic (exact) mass is 512 g/mol. The third kappa shape index (κ3) is 9.12. The number of alkyl halides is 1. The van der Waals surface area contributed by atoms with Gasteiger partial charge < -0.3 is 4.74 Å². The Morgan fingerprint density at radius 2 is 1.56 bits per heavy atom. The number of unbranched alkanes of at least 4 members (excludes halogenated alkanes) is 3. The lowest BCUT2D eigenvalue weighted by Gasteiger charge is -2.37. The van der Waals surface area contributed by atoms with E-state index in [0.29, 0.717) is 12.3 Å². The van der Waals surface area contributed by atoms with Gasteiger partial charge >= 0.3 is 0 Å². The Balaban J connectivity index is 1.29. The van der Waals surface area contributed by atoms with Crippen molar-refractivity contribution in [2.45, 2.75) is 115 Å². The lowest BCUT2D eigenvalue weighted by molar-refractivity contribution is 0.184.